The third-order valence-corrected chi connectivity index (χ3v) is 3.81. The molecular weight excluding hydrogens is 279 g/mol. The van der Waals surface area contributed by atoms with Crippen molar-refractivity contribution in [3.63, 3.8) is 0 Å². The van der Waals surface area contributed by atoms with Crippen molar-refractivity contribution in [2.75, 3.05) is 25.0 Å². The van der Waals surface area contributed by atoms with Crippen LogP contribution in [0.3, 0.4) is 0 Å². The van der Waals surface area contributed by atoms with Gasteiger partial charge < -0.3 is 5.32 Å². The van der Waals surface area contributed by atoms with Crippen molar-refractivity contribution >= 4 is 23.2 Å². The highest BCUT2D eigenvalue weighted by molar-refractivity contribution is 6.31. The van der Waals surface area contributed by atoms with Gasteiger partial charge in [0.1, 0.15) is 5.82 Å². The molecule has 0 radical (unpaired) electrons. The van der Waals surface area contributed by atoms with Crippen molar-refractivity contribution in [3.05, 3.63) is 29.0 Å². The SMILES string of the molecule is O=C(CN1CCCCCCC1)Nc1ccc(F)c(Cl)c1. The number of rotatable bonds is 3. The maximum atomic E-state index is 13.0. The Morgan fingerprint density at radius 2 is 1.85 bits per heavy atom. The van der Waals surface area contributed by atoms with Crippen LogP contribution in [-0.2, 0) is 4.79 Å². The van der Waals surface area contributed by atoms with E-state index >= 15 is 0 Å². The number of likely N-dealkylation sites (tertiary alicyclic amines) is 1. The van der Waals surface area contributed by atoms with Crippen LogP contribution in [0.5, 0.6) is 0 Å². The fourth-order valence-electron chi connectivity index (χ4n) is 2.45. The smallest absolute Gasteiger partial charge is 0.238 e. The van der Waals surface area contributed by atoms with Crippen molar-refractivity contribution in [2.24, 2.45) is 0 Å². The van der Waals surface area contributed by atoms with E-state index < -0.39 is 5.82 Å². The lowest BCUT2D eigenvalue weighted by Crippen LogP contribution is -2.35. The quantitative estimate of drug-likeness (QED) is 0.923. The normalized spacial score (nSPS) is 17.3. The fraction of sp³-hybridized carbons (Fsp3) is 0.533. The second-order valence-corrected chi connectivity index (χ2v) is 5.63. The number of hydrogen-bond acceptors (Lipinski definition) is 2. The Morgan fingerprint density at radius 1 is 1.20 bits per heavy atom. The van der Waals surface area contributed by atoms with Crippen LogP contribution in [-0.4, -0.2) is 30.4 Å². The Morgan fingerprint density at radius 3 is 2.50 bits per heavy atom. The molecule has 0 spiro atoms. The van der Waals surface area contributed by atoms with Crippen LogP contribution in [0.15, 0.2) is 18.2 Å². The van der Waals surface area contributed by atoms with Crippen LogP contribution in [0, 0.1) is 5.82 Å². The highest BCUT2D eigenvalue weighted by Crippen LogP contribution is 2.19. The van der Waals surface area contributed by atoms with Crippen LogP contribution < -0.4 is 5.32 Å². The summed E-state index contributed by atoms with van der Waals surface area (Å²) in [5.41, 5.74) is 0.536. The van der Waals surface area contributed by atoms with E-state index in [-0.39, 0.29) is 10.9 Å². The van der Waals surface area contributed by atoms with Gasteiger partial charge in [0.25, 0.3) is 0 Å². The Bertz CT molecular complexity index is 459. The fourth-order valence-corrected chi connectivity index (χ4v) is 2.63. The zero-order valence-electron chi connectivity index (χ0n) is 11.5. The van der Waals surface area contributed by atoms with Crippen molar-refractivity contribution in [1.82, 2.24) is 4.90 Å². The summed E-state index contributed by atoms with van der Waals surface area (Å²) in [6, 6.07) is 4.21. The molecule has 0 atom stereocenters. The minimum Gasteiger partial charge on any atom is -0.325 e. The van der Waals surface area contributed by atoms with E-state index in [9.17, 15) is 9.18 Å². The maximum Gasteiger partial charge on any atom is 0.238 e. The molecule has 0 aromatic heterocycles. The van der Waals surface area contributed by atoms with Gasteiger partial charge in [-0.15, -0.1) is 0 Å². The number of benzene rings is 1. The zero-order valence-corrected chi connectivity index (χ0v) is 12.3. The van der Waals surface area contributed by atoms with Crippen LogP contribution in [0.1, 0.15) is 32.1 Å². The summed E-state index contributed by atoms with van der Waals surface area (Å²) >= 11 is 5.69. The molecule has 1 aliphatic rings. The van der Waals surface area contributed by atoms with Gasteiger partial charge in [0.15, 0.2) is 0 Å². The molecule has 1 N–H and O–H groups in total. The lowest BCUT2D eigenvalue weighted by molar-refractivity contribution is -0.117. The number of anilines is 1. The predicted octanol–water partition coefficient (Wildman–Crippen LogP) is 3.68. The van der Waals surface area contributed by atoms with Gasteiger partial charge in [0.2, 0.25) is 5.91 Å². The first kappa shape index (κ1) is 15.3. The highest BCUT2D eigenvalue weighted by Gasteiger charge is 2.12. The van der Waals surface area contributed by atoms with Crippen molar-refractivity contribution in [1.29, 1.82) is 0 Å². The van der Waals surface area contributed by atoms with Gasteiger partial charge >= 0.3 is 0 Å². The van der Waals surface area contributed by atoms with Crippen molar-refractivity contribution in [2.45, 2.75) is 32.1 Å². The second-order valence-electron chi connectivity index (χ2n) is 5.22. The first-order valence-corrected chi connectivity index (χ1v) is 7.50. The van der Waals surface area contributed by atoms with E-state index in [4.69, 9.17) is 11.6 Å². The molecule has 3 nitrogen and oxygen atoms in total. The molecule has 1 aromatic rings. The van der Waals surface area contributed by atoms with Gasteiger partial charge in [-0.3, -0.25) is 9.69 Å². The summed E-state index contributed by atoms with van der Waals surface area (Å²) in [7, 11) is 0. The summed E-state index contributed by atoms with van der Waals surface area (Å²) in [6.45, 7) is 2.32. The number of hydrogen-bond donors (Lipinski definition) is 1. The topological polar surface area (TPSA) is 32.3 Å². The maximum absolute atomic E-state index is 13.0. The third kappa shape index (κ3) is 4.76. The number of halogens is 2. The molecular formula is C15H20ClFN2O. The number of nitrogens with one attached hydrogen (secondary N) is 1. The minimum atomic E-state index is -0.478. The van der Waals surface area contributed by atoms with E-state index in [1.165, 1.54) is 37.5 Å². The average Bonchev–Trinajstić information content (AvgIpc) is 2.37. The van der Waals surface area contributed by atoms with E-state index in [2.05, 4.69) is 10.2 Å². The average molecular weight is 299 g/mol. The van der Waals surface area contributed by atoms with Gasteiger partial charge in [0.05, 0.1) is 11.6 Å². The largest absolute Gasteiger partial charge is 0.325 e. The monoisotopic (exact) mass is 298 g/mol. The molecule has 20 heavy (non-hydrogen) atoms. The molecule has 1 aliphatic heterocycles. The van der Waals surface area contributed by atoms with Crippen LogP contribution in [0.2, 0.25) is 5.02 Å². The Kier molecular flexibility index (Phi) is 5.80. The molecule has 2 rings (SSSR count). The lowest BCUT2D eigenvalue weighted by atomic mass is 10.1. The number of carbonyl (C=O) groups is 1. The summed E-state index contributed by atoms with van der Waals surface area (Å²) < 4.78 is 13.0. The van der Waals surface area contributed by atoms with Crippen LogP contribution >= 0.6 is 11.6 Å². The first-order valence-electron chi connectivity index (χ1n) is 7.12. The molecule has 1 fully saturated rings. The highest BCUT2D eigenvalue weighted by atomic mass is 35.5. The van der Waals surface area contributed by atoms with Crippen LogP contribution in [0.4, 0.5) is 10.1 Å². The van der Waals surface area contributed by atoms with E-state index in [0.29, 0.717) is 12.2 Å². The number of carbonyl (C=O) groups excluding carboxylic acids is 1. The zero-order chi connectivity index (χ0) is 14.4. The molecule has 0 bridgehead atoms. The van der Waals surface area contributed by atoms with Gasteiger partial charge in [-0.2, -0.15) is 0 Å². The Labute approximate surface area is 124 Å². The predicted molar refractivity (Wildman–Crippen MR) is 79.6 cm³/mol. The molecule has 5 heteroatoms. The molecule has 1 aromatic carbocycles. The molecule has 0 unspecified atom stereocenters. The molecule has 0 aliphatic carbocycles. The Hall–Kier alpha value is -1.13. The van der Waals surface area contributed by atoms with Crippen LogP contribution in [0.25, 0.3) is 0 Å². The van der Waals surface area contributed by atoms with E-state index in [1.807, 2.05) is 0 Å². The standard InChI is InChI=1S/C15H20ClFN2O/c16-13-10-12(6-7-14(13)17)18-15(20)11-19-8-4-2-1-3-5-9-19/h6-7,10H,1-5,8-9,11H2,(H,18,20). The van der Waals surface area contributed by atoms with Gasteiger partial charge in [-0.1, -0.05) is 30.9 Å². The van der Waals surface area contributed by atoms with Gasteiger partial charge in [-0.25, -0.2) is 4.39 Å². The number of amides is 1. The molecule has 110 valence electrons. The van der Waals surface area contributed by atoms with E-state index in [1.54, 1.807) is 0 Å². The molecule has 1 saturated heterocycles. The van der Waals surface area contributed by atoms with Gasteiger partial charge in [0, 0.05) is 5.69 Å². The Balaban J connectivity index is 1.85. The summed E-state index contributed by atoms with van der Waals surface area (Å²) in [5.74, 6) is -0.554. The van der Waals surface area contributed by atoms with E-state index in [0.717, 1.165) is 25.9 Å². The number of nitrogens with zero attached hydrogens (tertiary/aromatic N) is 1. The first-order chi connectivity index (χ1) is 9.65. The summed E-state index contributed by atoms with van der Waals surface area (Å²) in [6.07, 6.45) is 6.08. The second kappa shape index (κ2) is 7.60. The molecule has 1 amide bonds. The van der Waals surface area contributed by atoms with Gasteiger partial charge in [-0.05, 0) is 44.1 Å². The van der Waals surface area contributed by atoms with Crippen molar-refractivity contribution in [3.8, 4) is 0 Å². The minimum absolute atomic E-state index is 0.0223. The molecule has 1 heterocycles. The molecule has 0 saturated carbocycles. The lowest BCUT2D eigenvalue weighted by Gasteiger charge is -2.23. The third-order valence-electron chi connectivity index (χ3n) is 3.52. The summed E-state index contributed by atoms with van der Waals surface area (Å²) in [5, 5.41) is 2.78. The van der Waals surface area contributed by atoms with Crippen molar-refractivity contribution < 1.29 is 9.18 Å². The summed E-state index contributed by atoms with van der Waals surface area (Å²) in [4.78, 5) is 14.2.